The van der Waals surface area contributed by atoms with Crippen LogP contribution in [0.3, 0.4) is 0 Å². The van der Waals surface area contributed by atoms with E-state index in [0.29, 0.717) is 45.9 Å². The Kier molecular flexibility index (Phi) is 9.55. The molecular weight excluding hydrogens is 571 g/mol. The normalized spacial score (nSPS) is 16.1. The molecule has 1 N–H and O–H groups in total. The van der Waals surface area contributed by atoms with Crippen molar-refractivity contribution in [3.63, 3.8) is 0 Å². The summed E-state index contributed by atoms with van der Waals surface area (Å²) in [5.74, 6) is -0.0860. The number of carbonyl (C=O) groups is 2. The average molecular weight is 602 g/mol. The van der Waals surface area contributed by atoms with Gasteiger partial charge in [0.25, 0.3) is 5.78 Å². The van der Waals surface area contributed by atoms with Crippen LogP contribution in [0.1, 0.15) is 49.4 Å². The molecule has 1 aromatic heterocycles. The number of carbonyl (C=O) groups excluding carboxylic acids is 2. The van der Waals surface area contributed by atoms with Gasteiger partial charge in [0, 0.05) is 11.3 Å². The third-order valence-corrected chi connectivity index (χ3v) is 8.76. The minimum absolute atomic E-state index is 0.0259. The Bertz CT molecular complexity index is 1570. The van der Waals surface area contributed by atoms with Gasteiger partial charge in [-0.25, -0.2) is 0 Å². The van der Waals surface area contributed by atoms with Gasteiger partial charge < -0.3 is 14.6 Å². The molecule has 2 heterocycles. The molecule has 8 nitrogen and oxygen atoms in total. The number of benzene rings is 3. The van der Waals surface area contributed by atoms with E-state index >= 15 is 0 Å². The Balaban J connectivity index is 1.56. The lowest BCUT2D eigenvalue weighted by atomic mass is 9.95. The van der Waals surface area contributed by atoms with Crippen molar-refractivity contribution < 1.29 is 24.2 Å². The van der Waals surface area contributed by atoms with Crippen molar-refractivity contribution in [2.75, 3.05) is 18.1 Å². The fourth-order valence-electron chi connectivity index (χ4n) is 4.58. The van der Waals surface area contributed by atoms with Gasteiger partial charge in [-0.2, -0.15) is 0 Å². The zero-order chi connectivity index (χ0) is 29.5. The number of unbranched alkanes of at least 4 members (excludes halogenated alkanes) is 1. The molecule has 0 aliphatic carbocycles. The highest BCUT2D eigenvalue weighted by molar-refractivity contribution is 8.00. The van der Waals surface area contributed by atoms with Crippen molar-refractivity contribution in [3.8, 4) is 11.5 Å². The van der Waals surface area contributed by atoms with Crippen molar-refractivity contribution in [3.05, 3.63) is 101 Å². The third-order valence-electron chi connectivity index (χ3n) is 6.64. The Hall–Kier alpha value is -4.15. The summed E-state index contributed by atoms with van der Waals surface area (Å²) in [6.45, 7) is 4.90. The quantitative estimate of drug-likeness (QED) is 0.0461. The second-order valence-electron chi connectivity index (χ2n) is 9.50. The molecule has 5 rings (SSSR count). The van der Waals surface area contributed by atoms with E-state index in [9.17, 15) is 14.7 Å². The number of ether oxygens (including phenoxy) is 2. The minimum Gasteiger partial charge on any atom is -0.507 e. The molecule has 216 valence electrons. The zero-order valence-electron chi connectivity index (χ0n) is 23.4. The second kappa shape index (κ2) is 13.7. The Morgan fingerprint density at radius 2 is 1.69 bits per heavy atom. The SMILES string of the molecule is CCCCOc1ccc(C2/C(=C(\O)c3ccccc3)C(=O)C(=O)N2c2nnc(SCc3ccccc3)s2)cc1OCC. The van der Waals surface area contributed by atoms with Crippen molar-refractivity contribution in [2.24, 2.45) is 0 Å². The first kappa shape index (κ1) is 29.3. The molecule has 0 bridgehead atoms. The number of aromatic nitrogens is 2. The Labute approximate surface area is 253 Å². The largest absolute Gasteiger partial charge is 0.507 e. The van der Waals surface area contributed by atoms with Crippen molar-refractivity contribution in [1.29, 1.82) is 0 Å². The number of aliphatic hydroxyl groups is 1. The summed E-state index contributed by atoms with van der Waals surface area (Å²) >= 11 is 2.73. The fraction of sp³-hybridized carbons (Fsp3) is 0.250. The van der Waals surface area contributed by atoms with Gasteiger partial charge in [-0.05, 0) is 36.6 Å². The number of ketones is 1. The highest BCUT2D eigenvalue weighted by atomic mass is 32.2. The average Bonchev–Trinajstić information content (AvgIpc) is 3.59. The van der Waals surface area contributed by atoms with Crippen LogP contribution < -0.4 is 14.4 Å². The summed E-state index contributed by atoms with van der Waals surface area (Å²) < 4.78 is 12.5. The van der Waals surface area contributed by atoms with Crippen LogP contribution in [0.5, 0.6) is 11.5 Å². The number of Topliss-reactive ketones (excluding diaryl/α,β-unsaturated/α-hetero) is 1. The van der Waals surface area contributed by atoms with Gasteiger partial charge in [-0.15, -0.1) is 10.2 Å². The van der Waals surface area contributed by atoms with E-state index in [4.69, 9.17) is 9.47 Å². The van der Waals surface area contributed by atoms with Gasteiger partial charge in [0.1, 0.15) is 5.76 Å². The first-order valence-electron chi connectivity index (χ1n) is 13.8. The van der Waals surface area contributed by atoms with E-state index < -0.39 is 17.7 Å². The Morgan fingerprint density at radius 3 is 2.40 bits per heavy atom. The van der Waals surface area contributed by atoms with Crippen LogP contribution in [0.4, 0.5) is 5.13 Å². The topological polar surface area (TPSA) is 102 Å². The third kappa shape index (κ3) is 6.34. The molecule has 1 amide bonds. The van der Waals surface area contributed by atoms with Crippen LogP contribution in [-0.2, 0) is 15.3 Å². The minimum atomic E-state index is -0.950. The molecule has 1 aliphatic heterocycles. The summed E-state index contributed by atoms with van der Waals surface area (Å²) in [4.78, 5) is 28.4. The standard InChI is InChI=1S/C32H31N3O5S2/c1-3-5-18-40-24-17-16-23(19-25(24)39-4-2)27-26(28(36)22-14-10-7-11-15-22)29(37)30(38)35(27)31-33-34-32(42-31)41-20-21-12-8-6-9-13-21/h6-17,19,27,36H,3-5,18,20H2,1-2H3/b28-26+. The predicted octanol–water partition coefficient (Wildman–Crippen LogP) is 7.03. The van der Waals surface area contributed by atoms with Crippen LogP contribution in [0.2, 0.25) is 0 Å². The second-order valence-corrected chi connectivity index (χ2v) is 11.7. The van der Waals surface area contributed by atoms with Gasteiger partial charge in [-0.1, -0.05) is 103 Å². The molecule has 3 aromatic carbocycles. The number of hydrogen-bond acceptors (Lipinski definition) is 9. The smallest absolute Gasteiger partial charge is 0.301 e. The molecule has 1 atom stereocenters. The first-order chi connectivity index (χ1) is 20.5. The van der Waals surface area contributed by atoms with E-state index in [0.717, 1.165) is 18.4 Å². The molecule has 10 heteroatoms. The van der Waals surface area contributed by atoms with Gasteiger partial charge in [-0.3, -0.25) is 14.5 Å². The molecule has 0 saturated carbocycles. The lowest BCUT2D eigenvalue weighted by Crippen LogP contribution is -2.29. The molecular formula is C32H31N3O5S2. The molecule has 4 aromatic rings. The number of hydrogen-bond donors (Lipinski definition) is 1. The lowest BCUT2D eigenvalue weighted by Gasteiger charge is -2.23. The van der Waals surface area contributed by atoms with Gasteiger partial charge >= 0.3 is 5.91 Å². The van der Waals surface area contributed by atoms with E-state index in [1.54, 1.807) is 42.5 Å². The van der Waals surface area contributed by atoms with Crippen LogP contribution in [-0.4, -0.2) is 40.2 Å². The monoisotopic (exact) mass is 601 g/mol. The highest BCUT2D eigenvalue weighted by Crippen LogP contribution is 2.45. The molecule has 1 unspecified atom stereocenters. The maximum absolute atomic E-state index is 13.6. The Morgan fingerprint density at radius 1 is 0.952 bits per heavy atom. The van der Waals surface area contributed by atoms with E-state index in [2.05, 4.69) is 17.1 Å². The number of thioether (sulfide) groups is 1. The van der Waals surface area contributed by atoms with Crippen LogP contribution in [0, 0.1) is 0 Å². The molecule has 1 fully saturated rings. The summed E-state index contributed by atoms with van der Waals surface area (Å²) in [5, 5.41) is 20.2. The van der Waals surface area contributed by atoms with Crippen LogP contribution >= 0.6 is 23.1 Å². The van der Waals surface area contributed by atoms with Gasteiger partial charge in [0.2, 0.25) is 5.13 Å². The maximum Gasteiger partial charge on any atom is 0.301 e. The number of nitrogens with zero attached hydrogens (tertiary/aromatic N) is 3. The first-order valence-corrected chi connectivity index (χ1v) is 15.6. The summed E-state index contributed by atoms with van der Waals surface area (Å²) in [5.41, 5.74) is 2.11. The number of rotatable bonds is 12. The maximum atomic E-state index is 13.6. The molecule has 42 heavy (non-hydrogen) atoms. The molecule has 0 spiro atoms. The van der Waals surface area contributed by atoms with Crippen LogP contribution in [0.15, 0.2) is 88.8 Å². The fourth-order valence-corrected chi connectivity index (χ4v) is 6.41. The summed E-state index contributed by atoms with van der Waals surface area (Å²) in [6, 6.07) is 23.1. The van der Waals surface area contributed by atoms with Crippen LogP contribution in [0.25, 0.3) is 5.76 Å². The molecule has 1 saturated heterocycles. The lowest BCUT2D eigenvalue weighted by molar-refractivity contribution is -0.132. The van der Waals surface area contributed by atoms with Crippen molar-refractivity contribution >= 4 is 45.7 Å². The predicted molar refractivity (Wildman–Crippen MR) is 165 cm³/mol. The number of amides is 1. The molecule has 0 radical (unpaired) electrons. The van der Waals surface area contributed by atoms with Crippen molar-refractivity contribution in [2.45, 2.75) is 42.8 Å². The highest BCUT2D eigenvalue weighted by Gasteiger charge is 2.48. The van der Waals surface area contributed by atoms with Gasteiger partial charge in [0.15, 0.2) is 15.8 Å². The zero-order valence-corrected chi connectivity index (χ0v) is 25.0. The number of aliphatic hydroxyl groups excluding tert-OH is 1. The van der Waals surface area contributed by atoms with E-state index in [1.807, 2.05) is 43.3 Å². The van der Waals surface area contributed by atoms with Gasteiger partial charge in [0.05, 0.1) is 24.8 Å². The van der Waals surface area contributed by atoms with Crippen molar-refractivity contribution in [1.82, 2.24) is 10.2 Å². The van der Waals surface area contributed by atoms with E-state index in [-0.39, 0.29) is 16.5 Å². The van der Waals surface area contributed by atoms with E-state index in [1.165, 1.54) is 28.0 Å². The molecule has 1 aliphatic rings. The summed E-state index contributed by atoms with van der Waals surface area (Å²) in [7, 11) is 0. The number of anilines is 1. The summed E-state index contributed by atoms with van der Waals surface area (Å²) in [6.07, 6.45) is 1.88.